The Morgan fingerprint density at radius 1 is 1.25 bits per heavy atom. The Morgan fingerprint density at radius 3 is 2.53 bits per heavy atom. The summed E-state index contributed by atoms with van der Waals surface area (Å²) in [5.41, 5.74) is -1.77. The fourth-order valence-corrected chi connectivity index (χ4v) is 4.31. The number of nitrogens with one attached hydrogen (secondary N) is 1. The highest BCUT2D eigenvalue weighted by Gasteiger charge is 2.38. The van der Waals surface area contributed by atoms with Gasteiger partial charge in [0.2, 0.25) is 5.03 Å². The molecule has 2 aromatic heterocycles. The van der Waals surface area contributed by atoms with Crippen LogP contribution < -0.4 is 9.46 Å². The minimum absolute atomic E-state index is 0.0708. The number of aromatic nitrogens is 3. The second-order valence-corrected chi connectivity index (χ2v) is 8.26. The highest BCUT2D eigenvalue weighted by molar-refractivity contribution is 7.92. The van der Waals surface area contributed by atoms with E-state index in [1.807, 2.05) is 4.72 Å². The van der Waals surface area contributed by atoms with Crippen LogP contribution in [0.4, 0.5) is 18.9 Å². The van der Waals surface area contributed by atoms with E-state index in [-0.39, 0.29) is 18.0 Å². The number of aryl methyl sites for hydroxylation is 2. The summed E-state index contributed by atoms with van der Waals surface area (Å²) >= 11 is 0. The van der Waals surface area contributed by atoms with Crippen molar-refractivity contribution in [3.8, 4) is 5.75 Å². The molecule has 1 N–H and O–H groups in total. The Balaban J connectivity index is 2.27. The lowest BCUT2D eigenvalue weighted by atomic mass is 10.1. The highest BCUT2D eigenvalue weighted by atomic mass is 32.2. The van der Waals surface area contributed by atoms with Crippen LogP contribution in [0, 0.1) is 13.8 Å². The number of halogens is 3. The van der Waals surface area contributed by atoms with Gasteiger partial charge in [0.05, 0.1) is 19.3 Å². The van der Waals surface area contributed by atoms with Crippen molar-refractivity contribution in [2.24, 2.45) is 0 Å². The number of methoxy groups -OCH3 is 1. The van der Waals surface area contributed by atoms with Crippen molar-refractivity contribution >= 4 is 27.3 Å². The molecule has 32 heavy (non-hydrogen) atoms. The molecule has 0 aliphatic heterocycles. The molecule has 0 spiro atoms. The molecule has 9 nitrogen and oxygen atoms in total. The van der Waals surface area contributed by atoms with Gasteiger partial charge in [0.15, 0.2) is 5.65 Å². The van der Waals surface area contributed by atoms with Crippen LogP contribution in [0.1, 0.15) is 34.2 Å². The molecule has 2 heterocycles. The Kier molecular flexibility index (Phi) is 6.05. The second kappa shape index (κ2) is 8.30. The molecule has 172 valence electrons. The number of rotatable bonds is 6. The van der Waals surface area contributed by atoms with Gasteiger partial charge >= 0.3 is 12.1 Å². The van der Waals surface area contributed by atoms with Crippen LogP contribution in [-0.2, 0) is 20.9 Å². The van der Waals surface area contributed by atoms with Gasteiger partial charge in [-0.05, 0) is 39.0 Å². The molecule has 3 aromatic rings. The summed E-state index contributed by atoms with van der Waals surface area (Å²) in [6, 6.07) is 4.54. The van der Waals surface area contributed by atoms with Crippen LogP contribution in [0.3, 0.4) is 0 Å². The minimum atomic E-state index is -4.88. The normalized spacial score (nSPS) is 12.1. The predicted molar refractivity (Wildman–Crippen MR) is 107 cm³/mol. The number of nitrogens with zero attached hydrogens (tertiary/aromatic N) is 3. The summed E-state index contributed by atoms with van der Waals surface area (Å²) in [5, 5.41) is 3.13. The summed E-state index contributed by atoms with van der Waals surface area (Å²) < 4.78 is 79.8. The van der Waals surface area contributed by atoms with Gasteiger partial charge in [-0.15, -0.1) is 0 Å². The summed E-state index contributed by atoms with van der Waals surface area (Å²) in [7, 11) is -3.72. The Hall–Kier alpha value is -3.35. The Morgan fingerprint density at radius 2 is 1.94 bits per heavy atom. The first-order valence-electron chi connectivity index (χ1n) is 9.21. The van der Waals surface area contributed by atoms with Gasteiger partial charge in [-0.25, -0.2) is 14.3 Å². The van der Waals surface area contributed by atoms with Gasteiger partial charge < -0.3 is 9.47 Å². The van der Waals surface area contributed by atoms with E-state index in [0.29, 0.717) is 17.5 Å². The lowest BCUT2D eigenvalue weighted by Gasteiger charge is -2.17. The van der Waals surface area contributed by atoms with Crippen molar-refractivity contribution in [2.45, 2.75) is 32.0 Å². The molecule has 0 radical (unpaired) electrons. The number of esters is 1. The number of carbonyl (C=O) groups is 1. The van der Waals surface area contributed by atoms with Crippen molar-refractivity contribution < 1.29 is 35.9 Å². The first-order valence-corrected chi connectivity index (χ1v) is 10.7. The molecule has 0 unspecified atom stereocenters. The molecule has 0 saturated heterocycles. The van der Waals surface area contributed by atoms with Gasteiger partial charge in [0, 0.05) is 11.4 Å². The van der Waals surface area contributed by atoms with Crippen LogP contribution >= 0.6 is 0 Å². The van der Waals surface area contributed by atoms with Crippen molar-refractivity contribution in [1.29, 1.82) is 0 Å². The molecule has 0 amide bonds. The van der Waals surface area contributed by atoms with Crippen LogP contribution in [0.15, 0.2) is 29.3 Å². The summed E-state index contributed by atoms with van der Waals surface area (Å²) in [4.78, 5) is 16.8. The number of benzene rings is 1. The minimum Gasteiger partial charge on any atom is -0.495 e. The maximum Gasteiger partial charge on any atom is 0.418 e. The fraction of sp³-hybridized carbons (Fsp3) is 0.316. The number of ether oxygens (including phenoxy) is 2. The van der Waals surface area contributed by atoms with Crippen LogP contribution in [0.25, 0.3) is 5.65 Å². The third-order valence-electron chi connectivity index (χ3n) is 4.39. The molecule has 0 fully saturated rings. The number of hydrogen-bond acceptors (Lipinski definition) is 7. The summed E-state index contributed by atoms with van der Waals surface area (Å²) in [5.74, 6) is -1.40. The van der Waals surface area contributed by atoms with Crippen LogP contribution in [0.5, 0.6) is 5.75 Å². The lowest BCUT2D eigenvalue weighted by molar-refractivity contribution is -0.137. The van der Waals surface area contributed by atoms with E-state index in [2.05, 4.69) is 10.1 Å². The average molecular weight is 472 g/mol. The van der Waals surface area contributed by atoms with Gasteiger partial charge in [0.25, 0.3) is 10.0 Å². The third kappa shape index (κ3) is 4.20. The van der Waals surface area contributed by atoms with Gasteiger partial charge in [-0.1, -0.05) is 6.07 Å². The number of hydrogen-bond donors (Lipinski definition) is 1. The predicted octanol–water partition coefficient (Wildman–Crippen LogP) is 3.35. The zero-order valence-corrected chi connectivity index (χ0v) is 18.3. The number of sulfonamides is 1. The fourth-order valence-electron chi connectivity index (χ4n) is 3.10. The topological polar surface area (TPSA) is 112 Å². The van der Waals surface area contributed by atoms with Crippen LogP contribution in [0.2, 0.25) is 0 Å². The van der Waals surface area contributed by atoms with E-state index >= 15 is 0 Å². The molecule has 0 saturated carbocycles. The average Bonchev–Trinajstić information content (AvgIpc) is 3.08. The highest BCUT2D eigenvalue weighted by Crippen LogP contribution is 2.41. The smallest absolute Gasteiger partial charge is 0.418 e. The molecule has 0 aliphatic rings. The molecule has 13 heteroatoms. The van der Waals surface area contributed by atoms with Crippen molar-refractivity contribution in [2.75, 3.05) is 18.4 Å². The van der Waals surface area contributed by atoms with E-state index in [4.69, 9.17) is 9.47 Å². The zero-order valence-electron chi connectivity index (χ0n) is 17.4. The quantitative estimate of drug-likeness (QED) is 0.548. The van der Waals surface area contributed by atoms with Crippen molar-refractivity contribution in [1.82, 2.24) is 14.6 Å². The molecular weight excluding hydrogens is 453 g/mol. The second-order valence-electron chi connectivity index (χ2n) is 6.66. The van der Waals surface area contributed by atoms with Crippen LogP contribution in [-0.4, -0.2) is 42.7 Å². The maximum atomic E-state index is 13.5. The molecule has 0 bridgehead atoms. The van der Waals surface area contributed by atoms with Crippen molar-refractivity contribution in [3.63, 3.8) is 0 Å². The largest absolute Gasteiger partial charge is 0.495 e. The van der Waals surface area contributed by atoms with Gasteiger partial charge in [-0.3, -0.25) is 4.72 Å². The number of anilines is 1. The number of alkyl halides is 3. The lowest BCUT2D eigenvalue weighted by Crippen LogP contribution is -2.21. The van der Waals surface area contributed by atoms with Gasteiger partial charge in [-0.2, -0.15) is 26.7 Å². The number of para-hydroxylation sites is 1. The van der Waals surface area contributed by atoms with E-state index in [1.54, 1.807) is 19.9 Å². The number of fused-ring (bicyclic) bond motifs is 1. The van der Waals surface area contributed by atoms with E-state index in [0.717, 1.165) is 23.8 Å². The van der Waals surface area contributed by atoms with E-state index < -0.39 is 44.0 Å². The number of carbonyl (C=O) groups excluding carboxylic acids is 1. The van der Waals surface area contributed by atoms with Crippen molar-refractivity contribution in [3.05, 3.63) is 46.8 Å². The Bertz CT molecular complexity index is 1300. The first kappa shape index (κ1) is 23.3. The monoisotopic (exact) mass is 472 g/mol. The molecule has 0 aliphatic carbocycles. The molecule has 3 rings (SSSR count). The zero-order chi connectivity index (χ0) is 23.8. The van der Waals surface area contributed by atoms with E-state index in [1.165, 1.54) is 6.92 Å². The molecule has 1 aromatic carbocycles. The van der Waals surface area contributed by atoms with Gasteiger partial charge in [0.1, 0.15) is 17.0 Å². The third-order valence-corrected chi connectivity index (χ3v) is 5.65. The summed E-state index contributed by atoms with van der Waals surface area (Å²) in [6.45, 7) is 4.68. The SMILES string of the molecule is CCOC(=O)c1c(S(=O)(=O)Nc2c(OC)cccc2C(F)(F)F)nn2c(C)cc(C)nc12. The first-order chi connectivity index (χ1) is 14.9. The maximum absolute atomic E-state index is 13.5. The van der Waals surface area contributed by atoms with E-state index in [9.17, 15) is 26.4 Å². The summed E-state index contributed by atoms with van der Waals surface area (Å²) in [6.07, 6.45) is -4.88. The standard InChI is InChI=1S/C19H19F3N4O5S/c1-5-31-18(27)14-16-23-10(2)9-11(3)26(16)24-17(14)32(28,29)25-15-12(19(20,21)22)7-6-8-13(15)30-4/h6-9,25H,5H2,1-4H3. The molecular formula is C19H19F3N4O5S. The molecule has 0 atom stereocenters. The Labute approximate surface area is 181 Å².